The minimum absolute atomic E-state index is 0. The van der Waals surface area contributed by atoms with Crippen LogP contribution in [0.1, 0.15) is 10.5 Å². The van der Waals surface area contributed by atoms with Crippen LogP contribution in [-0.2, 0) is 29.5 Å². The Hall–Kier alpha value is -2.13. The zero-order chi connectivity index (χ0) is 13.4. The van der Waals surface area contributed by atoms with Crippen molar-refractivity contribution in [2.75, 3.05) is 0 Å². The van der Waals surface area contributed by atoms with Crippen LogP contribution in [0.5, 0.6) is 0 Å². The van der Waals surface area contributed by atoms with E-state index in [2.05, 4.69) is 21.5 Å². The van der Waals surface area contributed by atoms with Crippen LogP contribution in [-0.4, -0.2) is 19.3 Å². The number of rotatable bonds is 2. The van der Waals surface area contributed by atoms with Gasteiger partial charge in [-0.3, -0.25) is 4.98 Å². The molecule has 0 aliphatic carbocycles. The zero-order valence-corrected chi connectivity index (χ0v) is 11.7. The van der Waals surface area contributed by atoms with Crippen LogP contribution >= 0.6 is 0 Å². The topological polar surface area (TPSA) is 78.2 Å². The summed E-state index contributed by atoms with van der Waals surface area (Å²) in [5.41, 5.74) is -0.0856. The van der Waals surface area contributed by atoms with E-state index >= 15 is 0 Å². The fraction of sp³-hybridized carbons (Fsp3) is 0. The van der Waals surface area contributed by atoms with Gasteiger partial charge in [0, 0.05) is 36.8 Å². The standard InChI is InChI=1S/C12H6N2O3S.Rh/c1-2-3-4-7-10-18(16,17)14-12(15)11-8-5-6-9-13-11;/h1,5-6,8-9H,(H,14,15);/p-1. The molecule has 0 unspecified atom stereocenters. The quantitative estimate of drug-likeness (QED) is 0.569. The summed E-state index contributed by atoms with van der Waals surface area (Å²) in [5, 5.41) is 1.73. The molecule has 0 saturated carbocycles. The summed E-state index contributed by atoms with van der Waals surface area (Å²) < 4.78 is 25.5. The van der Waals surface area contributed by atoms with Crippen molar-refractivity contribution < 1.29 is 32.7 Å². The van der Waals surface area contributed by atoms with E-state index in [-0.39, 0.29) is 25.2 Å². The van der Waals surface area contributed by atoms with E-state index in [9.17, 15) is 13.2 Å². The molecular formula is C12H5N2O3RhS-. The van der Waals surface area contributed by atoms with Crippen molar-refractivity contribution >= 4 is 15.9 Å². The van der Waals surface area contributed by atoms with E-state index < -0.39 is 15.9 Å². The second-order valence-electron chi connectivity index (χ2n) is 2.71. The Morgan fingerprint density at radius 3 is 2.58 bits per heavy atom. The molecule has 1 aromatic heterocycles. The normalized spacial score (nSPS) is 8.37. The number of nitrogens with zero attached hydrogens (tertiary/aromatic N) is 2. The van der Waals surface area contributed by atoms with Crippen LogP contribution < -0.4 is 0 Å². The van der Waals surface area contributed by atoms with Gasteiger partial charge >= 0.3 is 0 Å². The van der Waals surface area contributed by atoms with Crippen LogP contribution in [0.2, 0.25) is 0 Å². The number of pyridine rings is 1. The largest absolute Gasteiger partial charge is 0.530 e. The van der Waals surface area contributed by atoms with Gasteiger partial charge in [0.1, 0.15) is 5.91 Å². The molecular weight excluding hydrogens is 355 g/mol. The van der Waals surface area contributed by atoms with Gasteiger partial charge in [-0.15, -0.1) is 6.42 Å². The molecule has 0 N–H and O–H groups in total. The van der Waals surface area contributed by atoms with E-state index in [0.29, 0.717) is 0 Å². The fourth-order valence-electron chi connectivity index (χ4n) is 0.825. The maximum Gasteiger partial charge on any atom is 0.166 e. The molecule has 0 bridgehead atoms. The first-order valence-electron chi connectivity index (χ1n) is 4.46. The van der Waals surface area contributed by atoms with Gasteiger partial charge in [0.2, 0.25) is 0 Å². The van der Waals surface area contributed by atoms with Gasteiger partial charge in [-0.05, 0) is 29.9 Å². The number of terminal acetylenes is 1. The molecule has 0 spiro atoms. The van der Waals surface area contributed by atoms with E-state index in [1.54, 1.807) is 11.3 Å². The first kappa shape index (κ1) is 16.9. The molecule has 0 aliphatic rings. The Balaban J connectivity index is 0.00000324. The number of sulfonamides is 1. The first-order valence-corrected chi connectivity index (χ1v) is 5.90. The van der Waals surface area contributed by atoms with Crippen LogP contribution in [0.3, 0.4) is 0 Å². The van der Waals surface area contributed by atoms with Gasteiger partial charge in [-0.25, -0.2) is 8.42 Å². The third-order valence-corrected chi connectivity index (χ3v) is 2.23. The Morgan fingerprint density at radius 1 is 1.26 bits per heavy atom. The van der Waals surface area contributed by atoms with Gasteiger partial charge in [0.25, 0.3) is 0 Å². The predicted molar refractivity (Wildman–Crippen MR) is 65.2 cm³/mol. The number of carbonyl (C=O) groups is 1. The van der Waals surface area contributed by atoms with Crippen LogP contribution in [0.15, 0.2) is 24.4 Å². The molecule has 1 heterocycles. The molecule has 1 amide bonds. The molecule has 97 valence electrons. The SMILES string of the molecule is C#CC#CC#CS(=O)(=O)[N-]C(=O)c1ccccn1.[Rh]. The molecule has 7 heteroatoms. The Labute approximate surface area is 124 Å². The number of carbonyl (C=O) groups excluding carboxylic acids is 1. The van der Waals surface area contributed by atoms with Crippen molar-refractivity contribution in [3.8, 4) is 35.4 Å². The summed E-state index contributed by atoms with van der Waals surface area (Å²) in [6.07, 6.45) is 6.16. The molecule has 0 fully saturated rings. The van der Waals surface area contributed by atoms with Crippen molar-refractivity contribution in [3.05, 3.63) is 34.8 Å². The van der Waals surface area contributed by atoms with Gasteiger partial charge < -0.3 is 9.52 Å². The summed E-state index contributed by atoms with van der Waals surface area (Å²) in [6.45, 7) is 0. The average Bonchev–Trinajstić information content (AvgIpc) is 2.35. The van der Waals surface area contributed by atoms with Gasteiger partial charge in [0.05, 0.1) is 5.69 Å². The van der Waals surface area contributed by atoms with E-state index in [1.807, 2.05) is 11.8 Å². The summed E-state index contributed by atoms with van der Waals surface area (Å²) in [6, 6.07) is 4.46. The number of hydrogen-bond donors (Lipinski definition) is 0. The van der Waals surface area contributed by atoms with Crippen molar-refractivity contribution in [2.45, 2.75) is 0 Å². The average molecular weight is 360 g/mol. The van der Waals surface area contributed by atoms with Crippen LogP contribution in [0.25, 0.3) is 4.72 Å². The first-order chi connectivity index (χ1) is 8.55. The predicted octanol–water partition coefficient (Wildman–Crippen LogP) is 0.520. The molecule has 1 rings (SSSR count). The molecule has 19 heavy (non-hydrogen) atoms. The summed E-state index contributed by atoms with van der Waals surface area (Å²) in [7, 11) is -4.21. The third kappa shape index (κ3) is 6.39. The molecule has 0 aromatic carbocycles. The Morgan fingerprint density at radius 2 is 2.00 bits per heavy atom. The number of amides is 1. The minimum atomic E-state index is -4.21. The maximum absolute atomic E-state index is 11.4. The van der Waals surface area contributed by atoms with Crippen molar-refractivity contribution in [1.82, 2.24) is 4.98 Å². The number of hydrogen-bond acceptors (Lipinski definition) is 4. The monoisotopic (exact) mass is 360 g/mol. The second kappa shape index (κ2) is 8.06. The Bertz CT molecular complexity index is 713. The van der Waals surface area contributed by atoms with Gasteiger partial charge in [-0.2, -0.15) is 0 Å². The van der Waals surface area contributed by atoms with Crippen molar-refractivity contribution in [2.24, 2.45) is 0 Å². The van der Waals surface area contributed by atoms with E-state index in [1.165, 1.54) is 18.3 Å². The van der Waals surface area contributed by atoms with Crippen LogP contribution in [0, 0.1) is 35.4 Å². The maximum atomic E-state index is 11.4. The van der Waals surface area contributed by atoms with Gasteiger partial charge in [0.15, 0.2) is 10.0 Å². The smallest absolute Gasteiger partial charge is 0.166 e. The number of aromatic nitrogens is 1. The summed E-state index contributed by atoms with van der Waals surface area (Å²) in [4.78, 5) is 15.1. The minimum Gasteiger partial charge on any atom is -0.530 e. The van der Waals surface area contributed by atoms with Gasteiger partial charge in [-0.1, -0.05) is 6.07 Å². The second-order valence-corrected chi connectivity index (χ2v) is 4.04. The van der Waals surface area contributed by atoms with Crippen molar-refractivity contribution in [3.63, 3.8) is 0 Å². The van der Waals surface area contributed by atoms with Crippen LogP contribution in [0.4, 0.5) is 0 Å². The van der Waals surface area contributed by atoms with Crippen molar-refractivity contribution in [1.29, 1.82) is 0 Å². The molecule has 5 nitrogen and oxygen atoms in total. The van der Waals surface area contributed by atoms with E-state index in [0.717, 1.165) is 0 Å². The molecule has 0 saturated heterocycles. The summed E-state index contributed by atoms with van der Waals surface area (Å²) in [5.74, 6) is 7.14. The fourth-order valence-corrected chi connectivity index (χ4v) is 1.36. The third-order valence-electron chi connectivity index (χ3n) is 1.46. The molecule has 1 radical (unpaired) electrons. The van der Waals surface area contributed by atoms with E-state index in [4.69, 9.17) is 6.42 Å². The molecule has 1 aromatic rings. The Kier molecular flexibility index (Phi) is 7.16. The zero-order valence-electron chi connectivity index (χ0n) is 9.25. The molecule has 0 atom stereocenters. The summed E-state index contributed by atoms with van der Waals surface area (Å²) >= 11 is 0. The molecule has 0 aliphatic heterocycles.